The molecule has 4 aromatic carbocycles. The van der Waals surface area contributed by atoms with E-state index in [-0.39, 0.29) is 11.8 Å². The number of hydrogen-bond acceptors (Lipinski definition) is 2. The third-order valence-electron chi connectivity index (χ3n) is 6.35. The van der Waals surface area contributed by atoms with Crippen LogP contribution in [0.5, 0.6) is 0 Å². The van der Waals surface area contributed by atoms with E-state index in [1.807, 2.05) is 73.7 Å². The first-order chi connectivity index (χ1) is 15.1. The molecule has 0 saturated heterocycles. The van der Waals surface area contributed by atoms with E-state index < -0.39 is 15.1 Å². The Balaban J connectivity index is 1.77. The lowest BCUT2D eigenvalue weighted by Crippen LogP contribution is -2.20. The third kappa shape index (κ3) is 3.39. The van der Waals surface area contributed by atoms with Gasteiger partial charge in [0.1, 0.15) is 0 Å². The summed E-state index contributed by atoms with van der Waals surface area (Å²) >= 11 is 0. The Hall–Kier alpha value is -3.17. The molecular formula is C28H24O2S. The SMILES string of the molecule is Cc1ccc(S(=O)(=O)[C@H]2c3ccccc3[C@@H](c3ccccc3)[C@@H]2c2ccccc2)cc1. The van der Waals surface area contributed by atoms with Gasteiger partial charge in [0.2, 0.25) is 0 Å². The smallest absolute Gasteiger partial charge is 0.186 e. The summed E-state index contributed by atoms with van der Waals surface area (Å²) in [6.07, 6.45) is 0. The minimum atomic E-state index is -3.61. The lowest BCUT2D eigenvalue weighted by atomic mass is 9.82. The van der Waals surface area contributed by atoms with E-state index in [2.05, 4.69) is 30.3 Å². The van der Waals surface area contributed by atoms with Crippen molar-refractivity contribution in [1.29, 1.82) is 0 Å². The van der Waals surface area contributed by atoms with Crippen molar-refractivity contribution >= 4 is 9.84 Å². The maximum Gasteiger partial charge on any atom is 0.186 e. The van der Waals surface area contributed by atoms with Crippen LogP contribution in [0.25, 0.3) is 0 Å². The van der Waals surface area contributed by atoms with Crippen molar-refractivity contribution in [2.45, 2.75) is 28.9 Å². The molecule has 1 aliphatic carbocycles. The Bertz CT molecular complexity index is 1290. The lowest BCUT2D eigenvalue weighted by Gasteiger charge is -2.27. The highest BCUT2D eigenvalue weighted by Crippen LogP contribution is 2.57. The second-order valence-electron chi connectivity index (χ2n) is 8.23. The van der Waals surface area contributed by atoms with Crippen molar-refractivity contribution < 1.29 is 8.42 Å². The van der Waals surface area contributed by atoms with E-state index >= 15 is 0 Å². The van der Waals surface area contributed by atoms with Crippen LogP contribution in [0.3, 0.4) is 0 Å². The maximum absolute atomic E-state index is 14.1. The molecule has 3 heteroatoms. The molecule has 0 spiro atoms. The van der Waals surface area contributed by atoms with Crippen LogP contribution in [-0.4, -0.2) is 8.42 Å². The van der Waals surface area contributed by atoms with Gasteiger partial charge in [0.15, 0.2) is 9.84 Å². The summed E-state index contributed by atoms with van der Waals surface area (Å²) in [5, 5.41) is -0.640. The van der Waals surface area contributed by atoms with Gasteiger partial charge in [0, 0.05) is 11.8 Å². The van der Waals surface area contributed by atoms with Gasteiger partial charge in [-0.1, -0.05) is 103 Å². The molecule has 0 radical (unpaired) electrons. The summed E-state index contributed by atoms with van der Waals surface area (Å²) in [5.41, 5.74) is 5.25. The van der Waals surface area contributed by atoms with Gasteiger partial charge in [-0.25, -0.2) is 8.42 Å². The number of aryl methyl sites for hydroxylation is 1. The van der Waals surface area contributed by atoms with Crippen molar-refractivity contribution in [2.75, 3.05) is 0 Å². The van der Waals surface area contributed by atoms with Crippen molar-refractivity contribution in [3.05, 3.63) is 137 Å². The van der Waals surface area contributed by atoms with Gasteiger partial charge in [-0.05, 0) is 41.3 Å². The molecule has 4 aromatic rings. The Morgan fingerprint density at radius 1 is 0.581 bits per heavy atom. The standard InChI is InChI=1S/C28H24O2S/c1-20-16-18-23(19-17-20)31(29,30)28-25-15-9-8-14-24(25)26(21-10-4-2-5-11-21)27(28)22-12-6-3-7-13-22/h2-19,26-28H,1H3/t26-,27+,28+/m1/s1. The topological polar surface area (TPSA) is 34.1 Å². The van der Waals surface area contributed by atoms with Crippen LogP contribution < -0.4 is 0 Å². The Kier molecular flexibility index (Phi) is 4.99. The maximum atomic E-state index is 14.1. The predicted octanol–water partition coefficient (Wildman–Crippen LogP) is 6.44. The fourth-order valence-electron chi connectivity index (χ4n) is 4.94. The minimum absolute atomic E-state index is 0.0231. The van der Waals surface area contributed by atoms with Crippen LogP contribution in [0.2, 0.25) is 0 Å². The largest absolute Gasteiger partial charge is 0.223 e. The van der Waals surface area contributed by atoms with Gasteiger partial charge in [-0.15, -0.1) is 0 Å². The summed E-state index contributed by atoms with van der Waals surface area (Å²) in [5.74, 6) is -0.225. The average molecular weight is 425 g/mol. The molecule has 0 aromatic heterocycles. The second-order valence-corrected chi connectivity index (χ2v) is 10.3. The number of sulfone groups is 1. The van der Waals surface area contributed by atoms with E-state index in [1.165, 1.54) is 0 Å². The molecule has 0 N–H and O–H groups in total. The minimum Gasteiger partial charge on any atom is -0.223 e. The predicted molar refractivity (Wildman–Crippen MR) is 125 cm³/mol. The molecule has 5 rings (SSSR count). The average Bonchev–Trinajstić information content (AvgIpc) is 3.16. The Morgan fingerprint density at radius 2 is 1.10 bits per heavy atom. The Morgan fingerprint density at radius 3 is 1.71 bits per heavy atom. The molecule has 0 heterocycles. The first-order valence-corrected chi connectivity index (χ1v) is 12.1. The molecule has 0 amide bonds. The molecule has 31 heavy (non-hydrogen) atoms. The number of hydrogen-bond donors (Lipinski definition) is 0. The zero-order valence-electron chi connectivity index (χ0n) is 17.3. The highest BCUT2D eigenvalue weighted by Gasteiger charge is 2.48. The van der Waals surface area contributed by atoms with Gasteiger partial charge >= 0.3 is 0 Å². The first-order valence-electron chi connectivity index (χ1n) is 10.6. The van der Waals surface area contributed by atoms with Crippen LogP contribution in [0.15, 0.2) is 114 Å². The van der Waals surface area contributed by atoms with E-state index in [9.17, 15) is 8.42 Å². The molecule has 154 valence electrons. The summed E-state index contributed by atoms with van der Waals surface area (Å²) in [4.78, 5) is 0.382. The monoisotopic (exact) mass is 424 g/mol. The highest BCUT2D eigenvalue weighted by molar-refractivity contribution is 7.91. The number of rotatable bonds is 4. The summed E-state index contributed by atoms with van der Waals surface area (Å²) in [6, 6.07) is 35.6. The molecule has 1 aliphatic rings. The normalized spacial score (nSPS) is 20.4. The van der Waals surface area contributed by atoms with Crippen molar-refractivity contribution in [3.8, 4) is 0 Å². The van der Waals surface area contributed by atoms with Crippen LogP contribution >= 0.6 is 0 Å². The Labute approximate surface area is 184 Å². The van der Waals surface area contributed by atoms with E-state index in [4.69, 9.17) is 0 Å². The van der Waals surface area contributed by atoms with E-state index in [0.717, 1.165) is 27.8 Å². The van der Waals surface area contributed by atoms with Crippen LogP contribution in [-0.2, 0) is 9.84 Å². The molecule has 0 bridgehead atoms. The van der Waals surface area contributed by atoms with Gasteiger partial charge in [0.05, 0.1) is 10.1 Å². The lowest BCUT2D eigenvalue weighted by molar-refractivity contribution is 0.555. The van der Waals surface area contributed by atoms with Crippen molar-refractivity contribution in [3.63, 3.8) is 0 Å². The molecule has 0 aliphatic heterocycles. The van der Waals surface area contributed by atoms with Gasteiger partial charge in [-0.2, -0.15) is 0 Å². The van der Waals surface area contributed by atoms with Gasteiger partial charge in [0.25, 0.3) is 0 Å². The summed E-state index contributed by atoms with van der Waals surface area (Å²) < 4.78 is 28.1. The van der Waals surface area contributed by atoms with Crippen LogP contribution in [0.4, 0.5) is 0 Å². The number of fused-ring (bicyclic) bond motifs is 1. The number of benzene rings is 4. The third-order valence-corrected chi connectivity index (χ3v) is 8.49. The molecule has 0 unspecified atom stereocenters. The highest BCUT2D eigenvalue weighted by atomic mass is 32.2. The molecule has 3 atom stereocenters. The first kappa shape index (κ1) is 19.8. The zero-order chi connectivity index (χ0) is 21.4. The van der Waals surface area contributed by atoms with Gasteiger partial charge < -0.3 is 0 Å². The fourth-order valence-corrected chi connectivity index (χ4v) is 7.00. The van der Waals surface area contributed by atoms with Crippen molar-refractivity contribution in [1.82, 2.24) is 0 Å². The second kappa shape index (κ2) is 7.82. The summed E-state index contributed by atoms with van der Waals surface area (Å²) in [7, 11) is -3.61. The molecule has 2 nitrogen and oxygen atoms in total. The summed E-state index contributed by atoms with van der Waals surface area (Å²) in [6.45, 7) is 1.97. The van der Waals surface area contributed by atoms with Crippen LogP contribution in [0.1, 0.15) is 44.9 Å². The van der Waals surface area contributed by atoms with Gasteiger partial charge in [-0.3, -0.25) is 0 Å². The zero-order valence-corrected chi connectivity index (χ0v) is 18.2. The molecular weight excluding hydrogens is 400 g/mol. The quantitative estimate of drug-likeness (QED) is 0.378. The molecule has 0 saturated carbocycles. The fraction of sp³-hybridized carbons (Fsp3) is 0.143. The van der Waals surface area contributed by atoms with E-state index in [1.54, 1.807) is 12.1 Å². The van der Waals surface area contributed by atoms with Crippen molar-refractivity contribution in [2.24, 2.45) is 0 Å². The molecule has 0 fully saturated rings. The van der Waals surface area contributed by atoms with Crippen LogP contribution in [0, 0.1) is 6.92 Å². The van der Waals surface area contributed by atoms with E-state index in [0.29, 0.717) is 4.90 Å².